The molecular weight excluding hydrogens is 499 g/mol. The van der Waals surface area contributed by atoms with Crippen LogP contribution in [0.15, 0.2) is 78.9 Å². The zero-order valence-electron chi connectivity index (χ0n) is 22.8. The lowest BCUT2D eigenvalue weighted by atomic mass is 9.96. The fourth-order valence-electron chi connectivity index (χ4n) is 3.70. The normalized spacial score (nSPS) is 10.7. The second kappa shape index (κ2) is 13.6. The van der Waals surface area contributed by atoms with Crippen LogP contribution in [0.25, 0.3) is 22.3 Å². The van der Waals surface area contributed by atoms with E-state index in [0.717, 1.165) is 11.1 Å². The first-order valence-corrected chi connectivity index (χ1v) is 12.6. The standard InChI is InChI=1S/C32H33FO6/c1-7-36-18-25-15-24(16-26(19-37-8-2)30(25)39-32(35)21(5)6)22-9-11-23(12-10-22)28-14-13-27(17-29(28)33)38-31(34)20(3)4/h9-17H,3,5,7-8,18-19H2,1-2,4,6H3. The monoisotopic (exact) mass is 532 g/mol. The molecule has 0 aliphatic carbocycles. The Morgan fingerprint density at radius 3 is 1.72 bits per heavy atom. The van der Waals surface area contributed by atoms with Crippen LogP contribution in [0.5, 0.6) is 11.5 Å². The number of ether oxygens (including phenoxy) is 4. The van der Waals surface area contributed by atoms with Crippen molar-refractivity contribution in [1.82, 2.24) is 0 Å². The Morgan fingerprint density at radius 2 is 1.23 bits per heavy atom. The van der Waals surface area contributed by atoms with Gasteiger partial charge in [0, 0.05) is 47.1 Å². The van der Waals surface area contributed by atoms with E-state index >= 15 is 0 Å². The first kappa shape index (κ1) is 29.5. The fourth-order valence-corrected chi connectivity index (χ4v) is 3.70. The van der Waals surface area contributed by atoms with Crippen molar-refractivity contribution < 1.29 is 32.9 Å². The van der Waals surface area contributed by atoms with Crippen molar-refractivity contribution in [3.05, 3.63) is 95.8 Å². The summed E-state index contributed by atoms with van der Waals surface area (Å²) in [5.41, 5.74) is 4.68. The smallest absolute Gasteiger partial charge is 0.338 e. The summed E-state index contributed by atoms with van der Waals surface area (Å²) >= 11 is 0. The van der Waals surface area contributed by atoms with Gasteiger partial charge >= 0.3 is 11.9 Å². The molecule has 0 unspecified atom stereocenters. The molecule has 3 aromatic carbocycles. The van der Waals surface area contributed by atoms with E-state index in [4.69, 9.17) is 18.9 Å². The van der Waals surface area contributed by atoms with Gasteiger partial charge in [-0.1, -0.05) is 37.4 Å². The molecule has 0 saturated heterocycles. The largest absolute Gasteiger partial charge is 0.423 e. The summed E-state index contributed by atoms with van der Waals surface area (Å²) < 4.78 is 37.0. The minimum Gasteiger partial charge on any atom is -0.423 e. The summed E-state index contributed by atoms with van der Waals surface area (Å²) in [6.45, 7) is 15.6. The summed E-state index contributed by atoms with van der Waals surface area (Å²) in [6.07, 6.45) is 0. The number of carbonyl (C=O) groups excluding carboxylic acids is 2. The van der Waals surface area contributed by atoms with Crippen molar-refractivity contribution in [3.8, 4) is 33.8 Å². The quantitative estimate of drug-likeness (QED) is 0.140. The molecule has 39 heavy (non-hydrogen) atoms. The van der Waals surface area contributed by atoms with Gasteiger partial charge in [0.2, 0.25) is 0 Å². The number of carbonyl (C=O) groups is 2. The van der Waals surface area contributed by atoms with E-state index in [2.05, 4.69) is 13.2 Å². The molecule has 0 aliphatic rings. The second-order valence-electron chi connectivity index (χ2n) is 8.96. The molecule has 0 bridgehead atoms. The van der Waals surface area contributed by atoms with Gasteiger partial charge in [-0.3, -0.25) is 0 Å². The van der Waals surface area contributed by atoms with Gasteiger partial charge in [-0.05, 0) is 68.7 Å². The van der Waals surface area contributed by atoms with Gasteiger partial charge in [0.25, 0.3) is 0 Å². The number of rotatable bonds is 12. The SMILES string of the molecule is C=C(C)C(=O)Oc1ccc(-c2ccc(-c3cc(COCC)c(OC(=O)C(=C)C)c(COCC)c3)cc2)c(F)c1. The maximum atomic E-state index is 14.9. The van der Waals surface area contributed by atoms with E-state index in [9.17, 15) is 14.0 Å². The third-order valence-electron chi connectivity index (χ3n) is 5.74. The van der Waals surface area contributed by atoms with Crippen molar-refractivity contribution in [2.45, 2.75) is 40.9 Å². The third kappa shape index (κ3) is 7.72. The fraction of sp³-hybridized carbons (Fsp3) is 0.250. The average molecular weight is 533 g/mol. The summed E-state index contributed by atoms with van der Waals surface area (Å²) in [5, 5.41) is 0. The van der Waals surface area contributed by atoms with Gasteiger partial charge < -0.3 is 18.9 Å². The van der Waals surface area contributed by atoms with Crippen molar-refractivity contribution in [2.75, 3.05) is 13.2 Å². The second-order valence-corrected chi connectivity index (χ2v) is 8.96. The van der Waals surface area contributed by atoms with Gasteiger partial charge in [0.15, 0.2) is 0 Å². The molecule has 0 spiro atoms. The molecular formula is C32H33FO6. The highest BCUT2D eigenvalue weighted by Gasteiger charge is 2.18. The Bertz CT molecular complexity index is 1340. The molecule has 0 N–H and O–H groups in total. The van der Waals surface area contributed by atoms with Crippen LogP contribution in [-0.4, -0.2) is 25.2 Å². The molecule has 7 heteroatoms. The predicted molar refractivity (Wildman–Crippen MR) is 149 cm³/mol. The van der Waals surface area contributed by atoms with Crippen LogP contribution in [0.3, 0.4) is 0 Å². The number of esters is 2. The summed E-state index contributed by atoms with van der Waals surface area (Å²) in [5.74, 6) is -1.14. The van der Waals surface area contributed by atoms with E-state index in [1.54, 1.807) is 13.0 Å². The lowest BCUT2D eigenvalue weighted by molar-refractivity contribution is -0.131. The molecule has 0 radical (unpaired) electrons. The van der Waals surface area contributed by atoms with Gasteiger partial charge in [0.05, 0.1) is 13.2 Å². The molecule has 0 atom stereocenters. The van der Waals surface area contributed by atoms with Crippen molar-refractivity contribution in [2.24, 2.45) is 0 Å². The topological polar surface area (TPSA) is 71.1 Å². The average Bonchev–Trinajstić information content (AvgIpc) is 2.91. The highest BCUT2D eigenvalue weighted by molar-refractivity contribution is 5.89. The zero-order chi connectivity index (χ0) is 28.5. The van der Waals surface area contributed by atoms with Crippen LogP contribution in [0, 0.1) is 5.82 Å². The molecule has 0 saturated carbocycles. The molecule has 6 nitrogen and oxygen atoms in total. The van der Waals surface area contributed by atoms with Crippen LogP contribution < -0.4 is 9.47 Å². The highest BCUT2D eigenvalue weighted by Crippen LogP contribution is 2.34. The molecule has 0 fully saturated rings. The Balaban J connectivity index is 1.97. The first-order chi connectivity index (χ1) is 18.6. The lowest BCUT2D eigenvalue weighted by Gasteiger charge is -2.18. The Labute approximate surface area is 228 Å². The van der Waals surface area contributed by atoms with Crippen LogP contribution >= 0.6 is 0 Å². The van der Waals surface area contributed by atoms with Crippen LogP contribution in [0.4, 0.5) is 4.39 Å². The zero-order valence-corrected chi connectivity index (χ0v) is 22.8. The van der Waals surface area contributed by atoms with E-state index in [-0.39, 0.29) is 30.1 Å². The van der Waals surface area contributed by atoms with E-state index in [1.807, 2.05) is 50.2 Å². The van der Waals surface area contributed by atoms with E-state index < -0.39 is 17.8 Å². The Kier molecular flexibility index (Phi) is 10.3. The molecule has 0 amide bonds. The van der Waals surface area contributed by atoms with E-state index in [0.29, 0.717) is 41.2 Å². The van der Waals surface area contributed by atoms with Gasteiger partial charge in [0.1, 0.15) is 17.3 Å². The first-order valence-electron chi connectivity index (χ1n) is 12.6. The number of hydrogen-bond acceptors (Lipinski definition) is 6. The lowest BCUT2D eigenvalue weighted by Crippen LogP contribution is -2.13. The summed E-state index contributed by atoms with van der Waals surface area (Å²) in [7, 11) is 0. The van der Waals surface area contributed by atoms with Crippen LogP contribution in [0.2, 0.25) is 0 Å². The molecule has 0 heterocycles. The van der Waals surface area contributed by atoms with E-state index in [1.165, 1.54) is 19.1 Å². The number of halogens is 1. The van der Waals surface area contributed by atoms with Gasteiger partial charge in [-0.15, -0.1) is 0 Å². The summed E-state index contributed by atoms with van der Waals surface area (Å²) in [6, 6.07) is 15.5. The van der Waals surface area contributed by atoms with Crippen LogP contribution in [-0.2, 0) is 32.3 Å². The third-order valence-corrected chi connectivity index (χ3v) is 5.74. The Morgan fingerprint density at radius 1 is 0.718 bits per heavy atom. The molecule has 3 rings (SSSR count). The summed E-state index contributed by atoms with van der Waals surface area (Å²) in [4.78, 5) is 24.1. The highest BCUT2D eigenvalue weighted by atomic mass is 19.1. The van der Waals surface area contributed by atoms with Crippen molar-refractivity contribution >= 4 is 11.9 Å². The molecule has 204 valence electrons. The van der Waals surface area contributed by atoms with Crippen molar-refractivity contribution in [3.63, 3.8) is 0 Å². The minimum absolute atomic E-state index is 0.108. The molecule has 3 aromatic rings. The van der Waals surface area contributed by atoms with Crippen LogP contribution in [0.1, 0.15) is 38.8 Å². The minimum atomic E-state index is -0.612. The maximum Gasteiger partial charge on any atom is 0.338 e. The molecule has 0 aliphatic heterocycles. The van der Waals surface area contributed by atoms with Crippen molar-refractivity contribution in [1.29, 1.82) is 0 Å². The maximum absolute atomic E-state index is 14.9. The number of hydrogen-bond donors (Lipinski definition) is 0. The molecule has 0 aromatic heterocycles. The predicted octanol–water partition coefficient (Wildman–Crippen LogP) is 7.20. The Hall–Kier alpha value is -4.07. The number of benzene rings is 3. The van der Waals surface area contributed by atoms with Gasteiger partial charge in [-0.25, -0.2) is 14.0 Å². The van der Waals surface area contributed by atoms with Gasteiger partial charge in [-0.2, -0.15) is 0 Å².